The second-order valence-electron chi connectivity index (χ2n) is 6.71. The van der Waals surface area contributed by atoms with Gasteiger partial charge in [-0.05, 0) is 42.5 Å². The van der Waals surface area contributed by atoms with E-state index in [1.165, 1.54) is 30.3 Å². The molecule has 6 heteroatoms. The van der Waals surface area contributed by atoms with Gasteiger partial charge in [-0.15, -0.1) is 0 Å². The highest BCUT2D eigenvalue weighted by Crippen LogP contribution is 2.26. The number of nitrogens with zero attached hydrogens (tertiary/aromatic N) is 3. The van der Waals surface area contributed by atoms with Gasteiger partial charge in [0.15, 0.2) is 0 Å². The fourth-order valence-electron chi connectivity index (χ4n) is 3.06. The molecule has 0 bridgehead atoms. The first kappa shape index (κ1) is 19.8. The molecule has 4 aromatic rings. The van der Waals surface area contributed by atoms with Crippen molar-refractivity contribution in [1.29, 1.82) is 5.26 Å². The third-order valence-corrected chi connectivity index (χ3v) is 4.58. The van der Waals surface area contributed by atoms with Crippen LogP contribution in [0.3, 0.4) is 0 Å². The van der Waals surface area contributed by atoms with Crippen LogP contribution < -0.4 is 5.32 Å². The number of hydrogen-bond acceptors (Lipinski definition) is 3. The first-order chi connectivity index (χ1) is 15.1. The Labute approximate surface area is 178 Å². The highest BCUT2D eigenvalue weighted by Gasteiger charge is 2.15. The Hall–Kier alpha value is -4.50. The van der Waals surface area contributed by atoms with Crippen LogP contribution in [0.1, 0.15) is 5.56 Å². The summed E-state index contributed by atoms with van der Waals surface area (Å²) < 4.78 is 14.8. The number of carbonyl (C=O) groups excluding carboxylic acids is 1. The summed E-state index contributed by atoms with van der Waals surface area (Å²) in [5.41, 5.74) is 3.30. The molecule has 0 fully saturated rings. The minimum Gasteiger partial charge on any atom is -0.321 e. The number of rotatable bonds is 5. The maximum atomic E-state index is 13.1. The van der Waals surface area contributed by atoms with Gasteiger partial charge in [-0.2, -0.15) is 10.4 Å². The molecule has 4 rings (SSSR count). The molecule has 0 aliphatic heterocycles. The fourth-order valence-corrected chi connectivity index (χ4v) is 3.06. The maximum Gasteiger partial charge on any atom is 0.266 e. The van der Waals surface area contributed by atoms with Crippen molar-refractivity contribution in [3.05, 3.63) is 108 Å². The van der Waals surface area contributed by atoms with Gasteiger partial charge >= 0.3 is 0 Å². The first-order valence-corrected chi connectivity index (χ1v) is 9.53. The average molecular weight is 408 g/mol. The minimum absolute atomic E-state index is 0.0888. The van der Waals surface area contributed by atoms with Gasteiger partial charge in [0.1, 0.15) is 17.5 Å². The molecular weight excluding hydrogens is 391 g/mol. The summed E-state index contributed by atoms with van der Waals surface area (Å²) in [7, 11) is 0. The standard InChI is InChI=1S/C25H17FN4O/c26-21-11-13-22(14-12-21)28-25(31)19(16-27)15-20-17-30(23-9-5-2-6-10-23)29-24(20)18-7-3-1-4-8-18/h1-15,17H,(H,28,31)/b19-15+. The van der Waals surface area contributed by atoms with Crippen LogP contribution in [-0.2, 0) is 4.79 Å². The predicted molar refractivity (Wildman–Crippen MR) is 118 cm³/mol. The zero-order chi connectivity index (χ0) is 21.6. The molecule has 0 radical (unpaired) electrons. The summed E-state index contributed by atoms with van der Waals surface area (Å²) in [6.07, 6.45) is 3.29. The van der Waals surface area contributed by atoms with E-state index < -0.39 is 11.7 Å². The van der Waals surface area contributed by atoms with Crippen LogP contribution in [0.2, 0.25) is 0 Å². The van der Waals surface area contributed by atoms with Gasteiger partial charge in [0.25, 0.3) is 5.91 Å². The van der Waals surface area contributed by atoms with E-state index in [9.17, 15) is 14.4 Å². The van der Waals surface area contributed by atoms with E-state index in [1.807, 2.05) is 66.7 Å². The van der Waals surface area contributed by atoms with Gasteiger partial charge in [0, 0.05) is 23.0 Å². The maximum absolute atomic E-state index is 13.1. The Morgan fingerprint density at radius 3 is 2.26 bits per heavy atom. The Balaban J connectivity index is 1.73. The van der Waals surface area contributed by atoms with E-state index in [4.69, 9.17) is 0 Å². The van der Waals surface area contributed by atoms with Crippen LogP contribution in [0, 0.1) is 17.1 Å². The lowest BCUT2D eigenvalue weighted by molar-refractivity contribution is -0.112. The van der Waals surface area contributed by atoms with Gasteiger partial charge < -0.3 is 5.32 Å². The number of hydrogen-bond donors (Lipinski definition) is 1. The van der Waals surface area contributed by atoms with Gasteiger partial charge in [-0.3, -0.25) is 4.79 Å². The van der Waals surface area contributed by atoms with E-state index in [-0.39, 0.29) is 5.57 Å². The Morgan fingerprint density at radius 2 is 1.61 bits per heavy atom. The molecule has 0 spiro atoms. The second-order valence-corrected chi connectivity index (χ2v) is 6.71. The van der Waals surface area contributed by atoms with Crippen molar-refractivity contribution in [3.8, 4) is 23.0 Å². The van der Waals surface area contributed by atoms with Gasteiger partial charge in [-0.25, -0.2) is 9.07 Å². The van der Waals surface area contributed by atoms with Crippen LogP contribution in [0.25, 0.3) is 23.0 Å². The Kier molecular flexibility index (Phi) is 5.68. The molecule has 1 N–H and O–H groups in total. The zero-order valence-corrected chi connectivity index (χ0v) is 16.4. The zero-order valence-electron chi connectivity index (χ0n) is 16.4. The molecule has 150 valence electrons. The molecule has 1 heterocycles. The quantitative estimate of drug-likeness (QED) is 0.363. The molecule has 0 atom stereocenters. The molecule has 3 aromatic carbocycles. The normalized spacial score (nSPS) is 11.0. The largest absolute Gasteiger partial charge is 0.321 e. The van der Waals surface area contributed by atoms with E-state index in [0.29, 0.717) is 16.9 Å². The van der Waals surface area contributed by atoms with Crippen molar-refractivity contribution < 1.29 is 9.18 Å². The number of aromatic nitrogens is 2. The number of anilines is 1. The van der Waals surface area contributed by atoms with E-state index in [1.54, 1.807) is 10.9 Å². The molecule has 0 aliphatic carbocycles. The molecule has 1 aromatic heterocycles. The smallest absolute Gasteiger partial charge is 0.266 e. The third-order valence-electron chi connectivity index (χ3n) is 4.58. The number of para-hydroxylation sites is 1. The van der Waals surface area contributed by atoms with E-state index in [0.717, 1.165) is 11.3 Å². The van der Waals surface area contributed by atoms with Crippen molar-refractivity contribution in [2.75, 3.05) is 5.32 Å². The summed E-state index contributed by atoms with van der Waals surface area (Å²) in [5, 5.41) is 16.9. The highest BCUT2D eigenvalue weighted by molar-refractivity contribution is 6.10. The van der Waals surface area contributed by atoms with Crippen molar-refractivity contribution in [1.82, 2.24) is 9.78 Å². The lowest BCUT2D eigenvalue weighted by Crippen LogP contribution is -2.13. The number of amides is 1. The summed E-state index contributed by atoms with van der Waals surface area (Å²) in [4.78, 5) is 12.6. The Morgan fingerprint density at radius 1 is 0.968 bits per heavy atom. The van der Waals surface area contributed by atoms with E-state index >= 15 is 0 Å². The summed E-state index contributed by atoms with van der Waals surface area (Å²) >= 11 is 0. The summed E-state index contributed by atoms with van der Waals surface area (Å²) in [6, 6.07) is 26.4. The van der Waals surface area contributed by atoms with Crippen molar-refractivity contribution >= 4 is 17.7 Å². The number of halogens is 1. The van der Waals surface area contributed by atoms with E-state index in [2.05, 4.69) is 10.4 Å². The highest BCUT2D eigenvalue weighted by atomic mass is 19.1. The van der Waals surface area contributed by atoms with Crippen LogP contribution in [0.5, 0.6) is 0 Å². The lowest BCUT2D eigenvalue weighted by atomic mass is 10.1. The second kappa shape index (κ2) is 8.89. The summed E-state index contributed by atoms with van der Waals surface area (Å²) in [5.74, 6) is -0.990. The average Bonchev–Trinajstić information content (AvgIpc) is 3.24. The molecule has 0 unspecified atom stereocenters. The van der Waals surface area contributed by atoms with Crippen molar-refractivity contribution in [3.63, 3.8) is 0 Å². The molecule has 0 saturated carbocycles. The predicted octanol–water partition coefficient (Wildman–Crippen LogP) is 5.22. The Bertz CT molecular complexity index is 1270. The lowest BCUT2D eigenvalue weighted by Gasteiger charge is -2.04. The SMILES string of the molecule is N#C/C(=C\c1cn(-c2ccccc2)nc1-c1ccccc1)C(=O)Nc1ccc(F)cc1. The molecule has 5 nitrogen and oxygen atoms in total. The summed E-state index contributed by atoms with van der Waals surface area (Å²) in [6.45, 7) is 0. The number of nitrogens with one attached hydrogen (secondary N) is 1. The molecular formula is C25H17FN4O. The van der Waals surface area contributed by atoms with Crippen molar-refractivity contribution in [2.24, 2.45) is 0 Å². The molecule has 0 aliphatic rings. The third kappa shape index (κ3) is 4.57. The number of carbonyl (C=O) groups is 1. The first-order valence-electron chi connectivity index (χ1n) is 9.53. The molecule has 0 saturated heterocycles. The molecule has 1 amide bonds. The van der Waals surface area contributed by atoms with Gasteiger partial charge in [0.05, 0.1) is 11.4 Å². The number of benzene rings is 3. The van der Waals surface area contributed by atoms with Gasteiger partial charge in [0.2, 0.25) is 0 Å². The van der Waals surface area contributed by atoms with Crippen LogP contribution >= 0.6 is 0 Å². The number of nitriles is 1. The topological polar surface area (TPSA) is 70.7 Å². The monoisotopic (exact) mass is 408 g/mol. The minimum atomic E-state index is -0.583. The van der Waals surface area contributed by atoms with Crippen LogP contribution in [0.4, 0.5) is 10.1 Å². The van der Waals surface area contributed by atoms with Crippen LogP contribution in [-0.4, -0.2) is 15.7 Å². The van der Waals surface area contributed by atoms with Gasteiger partial charge in [-0.1, -0.05) is 48.5 Å². The van der Waals surface area contributed by atoms with Crippen molar-refractivity contribution in [2.45, 2.75) is 0 Å². The molecule has 31 heavy (non-hydrogen) atoms. The van der Waals surface area contributed by atoms with Crippen LogP contribution in [0.15, 0.2) is 96.7 Å². The fraction of sp³-hybridized carbons (Fsp3) is 0.